The number of hydrogen-bond donors (Lipinski definition) is 0. The van der Waals surface area contributed by atoms with Gasteiger partial charge in [0.1, 0.15) is 0 Å². The molecule has 3 heteroatoms. The fourth-order valence-corrected chi connectivity index (χ4v) is 1.43. The van der Waals surface area contributed by atoms with Crippen molar-refractivity contribution in [3.63, 3.8) is 0 Å². The van der Waals surface area contributed by atoms with E-state index in [1.165, 1.54) is 11.1 Å². The standard InChI is InChI=1S/C11H15BrO2/c1-13-6-7-14-9-11-4-2-10(8-12)3-5-11/h2-5H,6-9H2,1H3. The van der Waals surface area contributed by atoms with Crippen LogP contribution in [-0.2, 0) is 21.4 Å². The van der Waals surface area contributed by atoms with Crippen LogP contribution >= 0.6 is 15.9 Å². The predicted octanol–water partition coefficient (Wildman–Crippen LogP) is 2.74. The van der Waals surface area contributed by atoms with E-state index in [2.05, 4.69) is 40.2 Å². The van der Waals surface area contributed by atoms with Gasteiger partial charge < -0.3 is 9.47 Å². The third-order valence-electron chi connectivity index (χ3n) is 1.88. The highest BCUT2D eigenvalue weighted by atomic mass is 79.9. The first kappa shape index (κ1) is 11.7. The summed E-state index contributed by atoms with van der Waals surface area (Å²) in [5, 5.41) is 0.901. The summed E-state index contributed by atoms with van der Waals surface area (Å²) in [6.07, 6.45) is 0. The van der Waals surface area contributed by atoms with Crippen LogP contribution < -0.4 is 0 Å². The lowest BCUT2D eigenvalue weighted by atomic mass is 10.2. The Morgan fingerprint density at radius 3 is 2.29 bits per heavy atom. The maximum absolute atomic E-state index is 5.40. The molecule has 1 aromatic carbocycles. The largest absolute Gasteiger partial charge is 0.382 e. The van der Waals surface area contributed by atoms with Crippen LogP contribution in [-0.4, -0.2) is 20.3 Å². The lowest BCUT2D eigenvalue weighted by molar-refractivity contribution is 0.0616. The zero-order chi connectivity index (χ0) is 10.2. The molecule has 0 radical (unpaired) electrons. The van der Waals surface area contributed by atoms with Crippen molar-refractivity contribution in [2.75, 3.05) is 20.3 Å². The molecule has 0 saturated carbocycles. The lowest BCUT2D eigenvalue weighted by Crippen LogP contribution is -2.01. The summed E-state index contributed by atoms with van der Waals surface area (Å²) in [6, 6.07) is 8.38. The topological polar surface area (TPSA) is 18.5 Å². The zero-order valence-corrected chi connectivity index (χ0v) is 9.92. The quantitative estimate of drug-likeness (QED) is 0.577. The van der Waals surface area contributed by atoms with E-state index in [0.717, 1.165) is 5.33 Å². The van der Waals surface area contributed by atoms with Crippen LogP contribution in [0.5, 0.6) is 0 Å². The van der Waals surface area contributed by atoms with Crippen molar-refractivity contribution in [2.45, 2.75) is 11.9 Å². The highest BCUT2D eigenvalue weighted by molar-refractivity contribution is 9.08. The van der Waals surface area contributed by atoms with E-state index in [-0.39, 0.29) is 0 Å². The first-order chi connectivity index (χ1) is 6.86. The summed E-state index contributed by atoms with van der Waals surface area (Å²) in [6.45, 7) is 1.96. The molecule has 0 unspecified atom stereocenters. The number of methoxy groups -OCH3 is 1. The molecule has 78 valence electrons. The Bertz CT molecular complexity index is 246. The van der Waals surface area contributed by atoms with Gasteiger partial charge in [-0.15, -0.1) is 0 Å². The van der Waals surface area contributed by atoms with Crippen molar-refractivity contribution < 1.29 is 9.47 Å². The molecule has 2 nitrogen and oxygen atoms in total. The average molecular weight is 259 g/mol. The summed E-state index contributed by atoms with van der Waals surface area (Å²) >= 11 is 3.41. The van der Waals surface area contributed by atoms with Gasteiger partial charge in [-0.3, -0.25) is 0 Å². The van der Waals surface area contributed by atoms with Crippen molar-refractivity contribution in [2.24, 2.45) is 0 Å². The Labute approximate surface area is 93.4 Å². The van der Waals surface area contributed by atoms with Crippen LogP contribution in [0.1, 0.15) is 11.1 Å². The summed E-state index contributed by atoms with van der Waals surface area (Å²) in [5.41, 5.74) is 2.48. The summed E-state index contributed by atoms with van der Waals surface area (Å²) in [7, 11) is 1.67. The molecule has 0 N–H and O–H groups in total. The zero-order valence-electron chi connectivity index (χ0n) is 8.33. The van der Waals surface area contributed by atoms with Crippen molar-refractivity contribution in [3.8, 4) is 0 Å². The highest BCUT2D eigenvalue weighted by Gasteiger charge is 1.93. The van der Waals surface area contributed by atoms with E-state index in [4.69, 9.17) is 9.47 Å². The monoisotopic (exact) mass is 258 g/mol. The van der Waals surface area contributed by atoms with Gasteiger partial charge in [-0.1, -0.05) is 40.2 Å². The van der Waals surface area contributed by atoms with Crippen molar-refractivity contribution in [1.29, 1.82) is 0 Å². The van der Waals surface area contributed by atoms with Gasteiger partial charge in [0.2, 0.25) is 0 Å². The van der Waals surface area contributed by atoms with E-state index in [1.54, 1.807) is 7.11 Å². The summed E-state index contributed by atoms with van der Waals surface area (Å²) < 4.78 is 10.3. The molecule has 0 heterocycles. The van der Waals surface area contributed by atoms with Gasteiger partial charge in [0.15, 0.2) is 0 Å². The molecule has 1 rings (SSSR count). The van der Waals surface area contributed by atoms with Gasteiger partial charge in [-0.05, 0) is 11.1 Å². The molecule has 0 aromatic heterocycles. The Kier molecular flexibility index (Phi) is 5.83. The molecule has 0 amide bonds. The molecule has 1 aromatic rings. The van der Waals surface area contributed by atoms with Gasteiger partial charge in [0, 0.05) is 12.4 Å². The Hall–Kier alpha value is -0.380. The Morgan fingerprint density at radius 1 is 1.07 bits per heavy atom. The van der Waals surface area contributed by atoms with E-state index in [1.807, 2.05) is 0 Å². The number of alkyl halides is 1. The van der Waals surface area contributed by atoms with E-state index in [0.29, 0.717) is 19.8 Å². The molecule has 0 aliphatic heterocycles. The highest BCUT2D eigenvalue weighted by Crippen LogP contribution is 2.08. The van der Waals surface area contributed by atoms with Crippen molar-refractivity contribution in [1.82, 2.24) is 0 Å². The molecule has 0 fully saturated rings. The van der Waals surface area contributed by atoms with Gasteiger partial charge in [0.05, 0.1) is 19.8 Å². The molecule has 0 spiro atoms. The van der Waals surface area contributed by atoms with Crippen LogP contribution in [0.15, 0.2) is 24.3 Å². The van der Waals surface area contributed by atoms with Gasteiger partial charge >= 0.3 is 0 Å². The molecule has 0 aliphatic carbocycles. The Morgan fingerprint density at radius 2 is 1.71 bits per heavy atom. The SMILES string of the molecule is COCCOCc1ccc(CBr)cc1. The molecule has 0 bridgehead atoms. The van der Waals surface area contributed by atoms with Crippen molar-refractivity contribution in [3.05, 3.63) is 35.4 Å². The van der Waals surface area contributed by atoms with Crippen LogP contribution in [0, 0.1) is 0 Å². The number of ether oxygens (including phenoxy) is 2. The first-order valence-corrected chi connectivity index (χ1v) is 5.69. The Balaban J connectivity index is 2.29. The van der Waals surface area contributed by atoms with Gasteiger partial charge in [0.25, 0.3) is 0 Å². The number of benzene rings is 1. The fraction of sp³-hybridized carbons (Fsp3) is 0.455. The number of hydrogen-bond acceptors (Lipinski definition) is 2. The first-order valence-electron chi connectivity index (χ1n) is 4.57. The number of rotatable bonds is 6. The predicted molar refractivity (Wildman–Crippen MR) is 60.6 cm³/mol. The van der Waals surface area contributed by atoms with E-state index >= 15 is 0 Å². The third kappa shape index (κ3) is 4.22. The lowest BCUT2D eigenvalue weighted by Gasteiger charge is -2.04. The molecular weight excluding hydrogens is 244 g/mol. The molecule has 0 aliphatic rings. The maximum atomic E-state index is 5.40. The smallest absolute Gasteiger partial charge is 0.0718 e. The summed E-state index contributed by atoms with van der Waals surface area (Å²) in [5.74, 6) is 0. The minimum Gasteiger partial charge on any atom is -0.382 e. The van der Waals surface area contributed by atoms with Crippen molar-refractivity contribution >= 4 is 15.9 Å². The van der Waals surface area contributed by atoms with Crippen LogP contribution in [0.25, 0.3) is 0 Å². The fourth-order valence-electron chi connectivity index (χ4n) is 1.06. The molecule has 0 saturated heterocycles. The minimum absolute atomic E-state index is 0.649. The molecular formula is C11H15BrO2. The second-order valence-corrected chi connectivity index (χ2v) is 3.56. The maximum Gasteiger partial charge on any atom is 0.0718 e. The third-order valence-corrected chi connectivity index (χ3v) is 2.53. The second kappa shape index (κ2) is 6.98. The second-order valence-electron chi connectivity index (χ2n) is 3.00. The molecule has 14 heavy (non-hydrogen) atoms. The normalized spacial score (nSPS) is 10.4. The van der Waals surface area contributed by atoms with Crippen LogP contribution in [0.4, 0.5) is 0 Å². The van der Waals surface area contributed by atoms with E-state index < -0.39 is 0 Å². The average Bonchev–Trinajstić information content (AvgIpc) is 2.25. The van der Waals surface area contributed by atoms with Crippen LogP contribution in [0.2, 0.25) is 0 Å². The molecule has 0 atom stereocenters. The summed E-state index contributed by atoms with van der Waals surface area (Å²) in [4.78, 5) is 0. The van der Waals surface area contributed by atoms with E-state index in [9.17, 15) is 0 Å². The minimum atomic E-state index is 0.649. The van der Waals surface area contributed by atoms with Gasteiger partial charge in [-0.25, -0.2) is 0 Å². The number of halogens is 1. The van der Waals surface area contributed by atoms with Gasteiger partial charge in [-0.2, -0.15) is 0 Å². The van der Waals surface area contributed by atoms with Crippen LogP contribution in [0.3, 0.4) is 0 Å².